The molecule has 0 radical (unpaired) electrons. The average Bonchev–Trinajstić information content (AvgIpc) is 2.32. The van der Waals surface area contributed by atoms with Gasteiger partial charge in [-0.3, -0.25) is 9.59 Å². The second-order valence-corrected chi connectivity index (χ2v) is 5.00. The third-order valence-electron chi connectivity index (χ3n) is 2.54. The zero-order valence-corrected chi connectivity index (χ0v) is 12.0. The van der Waals surface area contributed by atoms with E-state index in [1.165, 1.54) is 6.20 Å². The highest BCUT2D eigenvalue weighted by molar-refractivity contribution is 9.10. The minimum absolute atomic E-state index is 0.0157. The summed E-state index contributed by atoms with van der Waals surface area (Å²) in [5.41, 5.74) is 1.21. The Morgan fingerprint density at radius 2 is 2.11 bits per heavy atom. The molecule has 2 rings (SSSR count). The van der Waals surface area contributed by atoms with Crippen LogP contribution in [0.3, 0.4) is 0 Å². The lowest BCUT2D eigenvalue weighted by atomic mass is 10.2. The first-order valence-corrected chi connectivity index (χ1v) is 6.40. The van der Waals surface area contributed by atoms with E-state index >= 15 is 0 Å². The molecule has 1 amide bonds. The number of carbonyl (C=O) groups excluding carboxylic acids is 1. The number of hydrogen-bond donors (Lipinski definition) is 2. The van der Waals surface area contributed by atoms with Crippen LogP contribution in [0.25, 0.3) is 0 Å². The zero-order valence-electron chi connectivity index (χ0n) is 10.5. The summed E-state index contributed by atoms with van der Waals surface area (Å²) in [4.78, 5) is 30.0. The van der Waals surface area contributed by atoms with Crippen molar-refractivity contribution in [2.75, 3.05) is 5.32 Å². The minimum Gasteiger partial charge on any atom is -0.321 e. The van der Waals surface area contributed by atoms with E-state index in [1.807, 2.05) is 19.1 Å². The molecule has 0 saturated carbocycles. The quantitative estimate of drug-likeness (QED) is 0.891. The number of H-pyrrole nitrogens is 1. The fourth-order valence-corrected chi connectivity index (χ4v) is 2.15. The number of aromatic nitrogens is 2. The third kappa shape index (κ3) is 3.08. The summed E-state index contributed by atoms with van der Waals surface area (Å²) < 4.78 is 0.761. The summed E-state index contributed by atoms with van der Waals surface area (Å²) in [7, 11) is 0. The molecule has 1 heterocycles. The molecule has 19 heavy (non-hydrogen) atoms. The topological polar surface area (TPSA) is 74.8 Å². The molecule has 0 aliphatic heterocycles. The number of aromatic amines is 1. The van der Waals surface area contributed by atoms with Gasteiger partial charge in [-0.05, 0) is 47.5 Å². The van der Waals surface area contributed by atoms with Crippen molar-refractivity contribution >= 4 is 27.5 Å². The molecular weight excluding hydrogens is 310 g/mol. The van der Waals surface area contributed by atoms with Gasteiger partial charge in [-0.2, -0.15) is 0 Å². The summed E-state index contributed by atoms with van der Waals surface area (Å²) in [5, 5.41) is 2.67. The first kappa shape index (κ1) is 13.5. The van der Waals surface area contributed by atoms with Crippen molar-refractivity contribution in [2.45, 2.75) is 13.8 Å². The molecule has 0 unspecified atom stereocenters. The number of rotatable bonds is 2. The van der Waals surface area contributed by atoms with Crippen LogP contribution in [0.1, 0.15) is 21.7 Å². The maximum atomic E-state index is 12.0. The van der Waals surface area contributed by atoms with Gasteiger partial charge in [-0.25, -0.2) is 4.98 Å². The smallest absolute Gasteiger partial charge is 0.263 e. The van der Waals surface area contributed by atoms with E-state index in [2.05, 4.69) is 31.2 Å². The molecule has 0 saturated heterocycles. The number of nitrogens with one attached hydrogen (secondary N) is 2. The standard InChI is InChI=1S/C13H12BrN3O2/c1-7-3-4-11(10(14)5-7)17-13(19)9-6-15-8(2)16-12(9)18/h3-6H,1-2H3,(H,17,19)(H,15,16,18). The van der Waals surface area contributed by atoms with Gasteiger partial charge in [0.2, 0.25) is 0 Å². The highest BCUT2D eigenvalue weighted by Gasteiger charge is 2.12. The third-order valence-corrected chi connectivity index (χ3v) is 3.20. The van der Waals surface area contributed by atoms with Gasteiger partial charge < -0.3 is 10.3 Å². The molecule has 6 heteroatoms. The summed E-state index contributed by atoms with van der Waals surface area (Å²) in [6.45, 7) is 3.60. The van der Waals surface area contributed by atoms with Crippen LogP contribution in [0, 0.1) is 13.8 Å². The van der Waals surface area contributed by atoms with E-state index < -0.39 is 11.5 Å². The van der Waals surface area contributed by atoms with Crippen LogP contribution in [0.15, 0.2) is 33.7 Å². The monoisotopic (exact) mass is 321 g/mol. The van der Waals surface area contributed by atoms with E-state index in [0.717, 1.165) is 10.0 Å². The largest absolute Gasteiger partial charge is 0.321 e. The predicted octanol–water partition coefficient (Wildman–Crippen LogP) is 2.40. The number of anilines is 1. The molecule has 0 aliphatic carbocycles. The normalized spacial score (nSPS) is 10.3. The highest BCUT2D eigenvalue weighted by atomic mass is 79.9. The van der Waals surface area contributed by atoms with Gasteiger partial charge in [0.1, 0.15) is 11.4 Å². The number of hydrogen-bond acceptors (Lipinski definition) is 3. The molecule has 0 spiro atoms. The Balaban J connectivity index is 2.28. The van der Waals surface area contributed by atoms with Crippen molar-refractivity contribution in [3.05, 3.63) is 56.2 Å². The van der Waals surface area contributed by atoms with Crippen LogP contribution in [0.2, 0.25) is 0 Å². The Morgan fingerprint density at radius 1 is 1.37 bits per heavy atom. The number of carbonyl (C=O) groups is 1. The van der Waals surface area contributed by atoms with Crippen LogP contribution >= 0.6 is 15.9 Å². The van der Waals surface area contributed by atoms with Crippen LogP contribution < -0.4 is 10.9 Å². The second-order valence-electron chi connectivity index (χ2n) is 4.15. The fraction of sp³-hybridized carbons (Fsp3) is 0.154. The van der Waals surface area contributed by atoms with Crippen molar-refractivity contribution in [1.29, 1.82) is 0 Å². The highest BCUT2D eigenvalue weighted by Crippen LogP contribution is 2.23. The van der Waals surface area contributed by atoms with Crippen molar-refractivity contribution < 1.29 is 4.79 Å². The number of amides is 1. The predicted molar refractivity (Wildman–Crippen MR) is 76.4 cm³/mol. The Hall–Kier alpha value is -1.95. The van der Waals surface area contributed by atoms with Gasteiger partial charge in [0.15, 0.2) is 0 Å². The molecular formula is C13H12BrN3O2. The van der Waals surface area contributed by atoms with E-state index in [1.54, 1.807) is 13.0 Å². The van der Waals surface area contributed by atoms with Crippen molar-refractivity contribution in [3.8, 4) is 0 Å². The number of halogens is 1. The summed E-state index contributed by atoms with van der Waals surface area (Å²) >= 11 is 3.36. The van der Waals surface area contributed by atoms with Gasteiger partial charge in [0, 0.05) is 10.7 Å². The van der Waals surface area contributed by atoms with Crippen molar-refractivity contribution in [1.82, 2.24) is 9.97 Å². The molecule has 0 atom stereocenters. The van der Waals surface area contributed by atoms with Gasteiger partial charge in [0.05, 0.1) is 5.69 Å². The summed E-state index contributed by atoms with van der Waals surface area (Å²) in [5.74, 6) is -0.0173. The molecule has 2 aromatic rings. The maximum absolute atomic E-state index is 12.0. The lowest BCUT2D eigenvalue weighted by Crippen LogP contribution is -2.24. The Labute approximate surface area is 118 Å². The minimum atomic E-state index is -0.488. The van der Waals surface area contributed by atoms with E-state index in [0.29, 0.717) is 11.5 Å². The van der Waals surface area contributed by atoms with E-state index in [4.69, 9.17) is 0 Å². The van der Waals surface area contributed by atoms with E-state index in [-0.39, 0.29) is 5.56 Å². The summed E-state index contributed by atoms with van der Waals surface area (Å²) in [6, 6.07) is 5.53. The van der Waals surface area contributed by atoms with Crippen LogP contribution in [-0.4, -0.2) is 15.9 Å². The van der Waals surface area contributed by atoms with Crippen molar-refractivity contribution in [3.63, 3.8) is 0 Å². The fourth-order valence-electron chi connectivity index (χ4n) is 1.56. The number of benzene rings is 1. The molecule has 1 aromatic carbocycles. The summed E-state index contributed by atoms with van der Waals surface area (Å²) in [6.07, 6.45) is 1.27. The Bertz CT molecular complexity index is 695. The molecule has 1 aromatic heterocycles. The lowest BCUT2D eigenvalue weighted by molar-refractivity contribution is 0.102. The molecule has 2 N–H and O–H groups in total. The van der Waals surface area contributed by atoms with Crippen LogP contribution in [-0.2, 0) is 0 Å². The van der Waals surface area contributed by atoms with Crippen molar-refractivity contribution in [2.24, 2.45) is 0 Å². The SMILES string of the molecule is Cc1ccc(NC(=O)c2cnc(C)[nH]c2=O)c(Br)c1. The first-order chi connectivity index (χ1) is 8.97. The molecule has 0 fully saturated rings. The van der Waals surface area contributed by atoms with Gasteiger partial charge in [0.25, 0.3) is 11.5 Å². The molecule has 5 nitrogen and oxygen atoms in total. The maximum Gasteiger partial charge on any atom is 0.263 e. The van der Waals surface area contributed by atoms with Gasteiger partial charge >= 0.3 is 0 Å². The van der Waals surface area contributed by atoms with Crippen LogP contribution in [0.5, 0.6) is 0 Å². The molecule has 98 valence electrons. The number of nitrogens with zero attached hydrogens (tertiary/aromatic N) is 1. The Kier molecular flexibility index (Phi) is 3.80. The Morgan fingerprint density at radius 3 is 2.74 bits per heavy atom. The van der Waals surface area contributed by atoms with Gasteiger partial charge in [-0.1, -0.05) is 6.07 Å². The second kappa shape index (κ2) is 5.36. The zero-order chi connectivity index (χ0) is 14.0. The average molecular weight is 322 g/mol. The lowest BCUT2D eigenvalue weighted by Gasteiger charge is -2.07. The van der Waals surface area contributed by atoms with Crippen LogP contribution in [0.4, 0.5) is 5.69 Å². The molecule has 0 bridgehead atoms. The first-order valence-electron chi connectivity index (χ1n) is 5.61. The van der Waals surface area contributed by atoms with Gasteiger partial charge in [-0.15, -0.1) is 0 Å². The number of aryl methyl sites for hydroxylation is 2. The van der Waals surface area contributed by atoms with E-state index in [9.17, 15) is 9.59 Å². The molecule has 0 aliphatic rings.